The molecule has 20 heavy (non-hydrogen) atoms. The first-order valence-electron chi connectivity index (χ1n) is 6.16. The molecule has 2 heterocycles. The van der Waals surface area contributed by atoms with Crippen molar-refractivity contribution in [2.45, 2.75) is 13.5 Å². The lowest BCUT2D eigenvalue weighted by Gasteiger charge is -2.17. The zero-order chi connectivity index (χ0) is 14.5. The van der Waals surface area contributed by atoms with Crippen molar-refractivity contribution in [1.29, 1.82) is 0 Å². The van der Waals surface area contributed by atoms with Gasteiger partial charge in [-0.1, -0.05) is 6.07 Å². The van der Waals surface area contributed by atoms with Gasteiger partial charge in [0.15, 0.2) is 0 Å². The van der Waals surface area contributed by atoms with Crippen LogP contribution < -0.4 is 5.32 Å². The molecule has 4 nitrogen and oxygen atoms in total. The number of aryl methyl sites for hydroxylation is 1. The molecule has 0 saturated heterocycles. The van der Waals surface area contributed by atoms with Crippen LogP contribution in [0.4, 0.5) is 0 Å². The molecule has 0 aliphatic rings. The Morgan fingerprint density at radius 3 is 2.65 bits per heavy atom. The number of carbonyl (C=O) groups excluding carboxylic acids is 2. The molecule has 0 bridgehead atoms. The van der Waals surface area contributed by atoms with Crippen LogP contribution in [0.3, 0.4) is 0 Å². The highest BCUT2D eigenvalue weighted by Gasteiger charge is 2.13. The van der Waals surface area contributed by atoms with Crippen LogP contribution in [-0.4, -0.2) is 30.3 Å². The van der Waals surface area contributed by atoms with Gasteiger partial charge in [0.25, 0.3) is 5.91 Å². The van der Waals surface area contributed by atoms with E-state index >= 15 is 0 Å². The summed E-state index contributed by atoms with van der Waals surface area (Å²) < 4.78 is 0. The number of nitrogens with zero attached hydrogens (tertiary/aromatic N) is 1. The van der Waals surface area contributed by atoms with Crippen molar-refractivity contribution >= 4 is 34.5 Å². The minimum atomic E-state index is -0.200. The lowest BCUT2D eigenvalue weighted by atomic mass is 10.3. The molecule has 0 aliphatic heterocycles. The fourth-order valence-electron chi connectivity index (χ4n) is 1.66. The third-order valence-electron chi connectivity index (χ3n) is 2.92. The minimum Gasteiger partial charge on any atom is -0.342 e. The Bertz CT molecular complexity index is 590. The first-order chi connectivity index (χ1) is 9.58. The van der Waals surface area contributed by atoms with Gasteiger partial charge < -0.3 is 10.2 Å². The Balaban J connectivity index is 1.82. The molecule has 0 radical (unpaired) electrons. The quantitative estimate of drug-likeness (QED) is 0.922. The number of likely N-dealkylation sites (N-methyl/N-ethyl adjacent to an activating group) is 1. The van der Waals surface area contributed by atoms with Crippen molar-refractivity contribution in [3.63, 3.8) is 0 Å². The van der Waals surface area contributed by atoms with Crippen LogP contribution in [-0.2, 0) is 11.3 Å². The number of rotatable bonds is 5. The van der Waals surface area contributed by atoms with Crippen LogP contribution >= 0.6 is 22.7 Å². The summed E-state index contributed by atoms with van der Waals surface area (Å²) in [5.41, 5.74) is 1.19. The van der Waals surface area contributed by atoms with E-state index in [0.29, 0.717) is 11.4 Å². The first-order valence-corrected chi connectivity index (χ1v) is 7.92. The van der Waals surface area contributed by atoms with E-state index < -0.39 is 0 Å². The molecule has 0 aliphatic carbocycles. The van der Waals surface area contributed by atoms with Gasteiger partial charge >= 0.3 is 0 Å². The van der Waals surface area contributed by atoms with Crippen LogP contribution in [0, 0.1) is 6.92 Å². The zero-order valence-corrected chi connectivity index (χ0v) is 13.0. The molecule has 0 spiro atoms. The summed E-state index contributed by atoms with van der Waals surface area (Å²) >= 11 is 3.00. The second kappa shape index (κ2) is 6.67. The van der Waals surface area contributed by atoms with Gasteiger partial charge in [0.05, 0.1) is 18.0 Å². The second-order valence-electron chi connectivity index (χ2n) is 4.44. The normalized spacial score (nSPS) is 10.3. The van der Waals surface area contributed by atoms with Crippen molar-refractivity contribution in [3.05, 3.63) is 44.3 Å². The molecule has 106 valence electrons. The summed E-state index contributed by atoms with van der Waals surface area (Å²) in [6, 6.07) is 5.59. The molecule has 2 aromatic rings. The monoisotopic (exact) mass is 308 g/mol. The number of hydrogen-bond donors (Lipinski definition) is 1. The summed E-state index contributed by atoms with van der Waals surface area (Å²) in [5.74, 6) is -0.295. The minimum absolute atomic E-state index is 0.0255. The zero-order valence-electron chi connectivity index (χ0n) is 11.4. The molecule has 0 unspecified atom stereocenters. The smallest absolute Gasteiger partial charge is 0.261 e. The van der Waals surface area contributed by atoms with Crippen molar-refractivity contribution in [2.24, 2.45) is 0 Å². The van der Waals surface area contributed by atoms with E-state index in [4.69, 9.17) is 0 Å². The van der Waals surface area contributed by atoms with Gasteiger partial charge in [0, 0.05) is 11.9 Å². The summed E-state index contributed by atoms with van der Waals surface area (Å²) in [7, 11) is 1.75. The van der Waals surface area contributed by atoms with Crippen molar-refractivity contribution in [3.8, 4) is 0 Å². The molecule has 6 heteroatoms. The Kier molecular flexibility index (Phi) is 4.92. The van der Waals surface area contributed by atoms with Crippen LogP contribution in [0.5, 0.6) is 0 Å². The maximum atomic E-state index is 12.0. The standard InChI is InChI=1S/C14H16N2O2S2/c1-10-5-7-20-12(10)9-16(2)13(17)8-15-14(18)11-4-3-6-19-11/h3-7H,8-9H2,1-2H3,(H,15,18). The summed E-state index contributed by atoms with van der Waals surface area (Å²) in [4.78, 5) is 27.1. The molecule has 2 aromatic heterocycles. The molecular formula is C14H16N2O2S2. The number of carbonyl (C=O) groups is 2. The van der Waals surface area contributed by atoms with E-state index in [1.807, 2.05) is 29.8 Å². The average molecular weight is 308 g/mol. The predicted octanol–water partition coefficient (Wildman–Crippen LogP) is 2.51. The maximum absolute atomic E-state index is 12.0. The van der Waals surface area contributed by atoms with E-state index in [-0.39, 0.29) is 18.4 Å². The highest BCUT2D eigenvalue weighted by molar-refractivity contribution is 7.12. The Morgan fingerprint density at radius 1 is 1.25 bits per heavy atom. The fraction of sp³-hybridized carbons (Fsp3) is 0.286. The topological polar surface area (TPSA) is 49.4 Å². The van der Waals surface area contributed by atoms with Gasteiger partial charge in [0.2, 0.25) is 5.91 Å². The molecule has 0 aromatic carbocycles. The number of amides is 2. The van der Waals surface area contributed by atoms with E-state index in [9.17, 15) is 9.59 Å². The SMILES string of the molecule is Cc1ccsc1CN(C)C(=O)CNC(=O)c1cccs1. The van der Waals surface area contributed by atoms with Gasteiger partial charge in [-0.2, -0.15) is 0 Å². The Labute approximate surface area is 126 Å². The lowest BCUT2D eigenvalue weighted by molar-refractivity contribution is -0.129. The molecular weight excluding hydrogens is 292 g/mol. The fourth-order valence-corrected chi connectivity index (χ4v) is 3.25. The largest absolute Gasteiger partial charge is 0.342 e. The third-order valence-corrected chi connectivity index (χ3v) is 4.80. The molecule has 0 atom stereocenters. The van der Waals surface area contributed by atoms with Crippen LogP contribution in [0.15, 0.2) is 29.0 Å². The van der Waals surface area contributed by atoms with Gasteiger partial charge in [-0.25, -0.2) is 0 Å². The van der Waals surface area contributed by atoms with E-state index in [1.165, 1.54) is 21.8 Å². The number of nitrogens with one attached hydrogen (secondary N) is 1. The highest BCUT2D eigenvalue weighted by Crippen LogP contribution is 2.17. The number of thiophene rings is 2. The van der Waals surface area contributed by atoms with Gasteiger partial charge in [-0.15, -0.1) is 22.7 Å². The van der Waals surface area contributed by atoms with Crippen LogP contribution in [0.1, 0.15) is 20.1 Å². The van der Waals surface area contributed by atoms with Crippen molar-refractivity contribution in [2.75, 3.05) is 13.6 Å². The van der Waals surface area contributed by atoms with Crippen molar-refractivity contribution in [1.82, 2.24) is 10.2 Å². The third kappa shape index (κ3) is 3.68. The first kappa shape index (κ1) is 14.7. The van der Waals surface area contributed by atoms with Gasteiger partial charge in [-0.05, 0) is 35.4 Å². The highest BCUT2D eigenvalue weighted by atomic mass is 32.1. The average Bonchev–Trinajstić information content (AvgIpc) is 3.08. The van der Waals surface area contributed by atoms with Crippen molar-refractivity contribution < 1.29 is 9.59 Å². The molecule has 2 amide bonds. The Hall–Kier alpha value is -1.66. The van der Waals surface area contributed by atoms with E-state index in [0.717, 1.165) is 0 Å². The summed E-state index contributed by atoms with van der Waals surface area (Å²) in [6.45, 7) is 2.64. The molecule has 0 fully saturated rings. The summed E-state index contributed by atoms with van der Waals surface area (Å²) in [6.07, 6.45) is 0. The molecule has 2 rings (SSSR count). The number of hydrogen-bond acceptors (Lipinski definition) is 4. The van der Waals surface area contributed by atoms with Gasteiger partial charge in [-0.3, -0.25) is 9.59 Å². The molecule has 1 N–H and O–H groups in total. The van der Waals surface area contributed by atoms with E-state index in [1.54, 1.807) is 29.4 Å². The van der Waals surface area contributed by atoms with Crippen LogP contribution in [0.2, 0.25) is 0 Å². The molecule has 0 saturated carbocycles. The van der Waals surface area contributed by atoms with E-state index in [2.05, 4.69) is 5.32 Å². The second-order valence-corrected chi connectivity index (χ2v) is 6.38. The van der Waals surface area contributed by atoms with Gasteiger partial charge in [0.1, 0.15) is 0 Å². The maximum Gasteiger partial charge on any atom is 0.261 e. The Morgan fingerprint density at radius 2 is 2.05 bits per heavy atom. The predicted molar refractivity (Wildman–Crippen MR) is 82.2 cm³/mol. The summed E-state index contributed by atoms with van der Waals surface area (Å²) in [5, 5.41) is 6.49. The van der Waals surface area contributed by atoms with Crippen LogP contribution in [0.25, 0.3) is 0 Å². The lowest BCUT2D eigenvalue weighted by Crippen LogP contribution is -2.37.